The van der Waals surface area contributed by atoms with Gasteiger partial charge in [0.15, 0.2) is 11.5 Å². The zero-order valence-corrected chi connectivity index (χ0v) is 13.4. The van der Waals surface area contributed by atoms with Gasteiger partial charge in [-0.05, 0) is 18.6 Å². The summed E-state index contributed by atoms with van der Waals surface area (Å²) < 4.78 is 0. The zero-order valence-electron chi connectivity index (χ0n) is 13.4. The SMILES string of the molecule is CCCCCCCCCCCCNc1cccc(O)c1O. The number of anilines is 1. The summed E-state index contributed by atoms with van der Waals surface area (Å²) in [6.45, 7) is 3.10. The van der Waals surface area contributed by atoms with Crippen molar-refractivity contribution in [1.82, 2.24) is 0 Å². The fourth-order valence-electron chi connectivity index (χ4n) is 2.51. The van der Waals surface area contributed by atoms with Crippen LogP contribution in [0.4, 0.5) is 5.69 Å². The molecule has 1 rings (SSSR count). The van der Waals surface area contributed by atoms with E-state index in [1.54, 1.807) is 12.1 Å². The Morgan fingerprint density at radius 1 is 0.810 bits per heavy atom. The molecule has 3 nitrogen and oxygen atoms in total. The molecule has 0 aliphatic heterocycles. The van der Waals surface area contributed by atoms with Crippen LogP contribution < -0.4 is 5.32 Å². The third-order valence-electron chi connectivity index (χ3n) is 3.86. The van der Waals surface area contributed by atoms with Crippen LogP contribution in [-0.2, 0) is 0 Å². The Kier molecular flexibility index (Phi) is 9.51. The van der Waals surface area contributed by atoms with Crippen LogP contribution in [0.15, 0.2) is 18.2 Å². The van der Waals surface area contributed by atoms with Crippen molar-refractivity contribution in [1.29, 1.82) is 0 Å². The number of rotatable bonds is 12. The van der Waals surface area contributed by atoms with Crippen molar-refractivity contribution < 1.29 is 10.2 Å². The molecule has 0 bridgehead atoms. The zero-order chi connectivity index (χ0) is 15.3. The molecule has 0 atom stereocenters. The van der Waals surface area contributed by atoms with Gasteiger partial charge in [-0.1, -0.05) is 70.8 Å². The normalized spacial score (nSPS) is 10.7. The maximum Gasteiger partial charge on any atom is 0.181 e. The van der Waals surface area contributed by atoms with E-state index in [9.17, 15) is 10.2 Å². The van der Waals surface area contributed by atoms with Crippen molar-refractivity contribution in [3.63, 3.8) is 0 Å². The highest BCUT2D eigenvalue weighted by Gasteiger charge is 2.04. The Balaban J connectivity index is 1.94. The molecule has 0 unspecified atom stereocenters. The van der Waals surface area contributed by atoms with E-state index in [1.807, 2.05) is 0 Å². The number of nitrogens with one attached hydrogen (secondary N) is 1. The van der Waals surface area contributed by atoms with E-state index in [-0.39, 0.29) is 11.5 Å². The van der Waals surface area contributed by atoms with Crippen LogP contribution in [-0.4, -0.2) is 16.8 Å². The summed E-state index contributed by atoms with van der Waals surface area (Å²) in [4.78, 5) is 0. The fourth-order valence-corrected chi connectivity index (χ4v) is 2.51. The number of phenols is 2. The summed E-state index contributed by atoms with van der Waals surface area (Å²) in [6, 6.07) is 5.00. The molecule has 120 valence electrons. The van der Waals surface area contributed by atoms with Gasteiger partial charge in [0.25, 0.3) is 0 Å². The topological polar surface area (TPSA) is 52.5 Å². The van der Waals surface area contributed by atoms with Gasteiger partial charge >= 0.3 is 0 Å². The van der Waals surface area contributed by atoms with Gasteiger partial charge in [-0.2, -0.15) is 0 Å². The number of hydrogen-bond donors (Lipinski definition) is 3. The third kappa shape index (κ3) is 7.84. The molecule has 0 heterocycles. The van der Waals surface area contributed by atoms with Gasteiger partial charge in [0.05, 0.1) is 5.69 Å². The van der Waals surface area contributed by atoms with Crippen LogP contribution in [0.1, 0.15) is 71.1 Å². The van der Waals surface area contributed by atoms with Crippen molar-refractivity contribution >= 4 is 5.69 Å². The van der Waals surface area contributed by atoms with Crippen molar-refractivity contribution in [3.8, 4) is 11.5 Å². The predicted octanol–water partition coefficient (Wildman–Crippen LogP) is 5.43. The first-order valence-electron chi connectivity index (χ1n) is 8.50. The maximum atomic E-state index is 9.65. The Morgan fingerprint density at radius 2 is 1.38 bits per heavy atom. The number of unbranched alkanes of at least 4 members (excludes halogenated alkanes) is 9. The average Bonchev–Trinajstić information content (AvgIpc) is 2.49. The molecule has 1 aromatic rings. The van der Waals surface area contributed by atoms with E-state index in [4.69, 9.17) is 0 Å². The minimum Gasteiger partial charge on any atom is -0.504 e. The maximum absolute atomic E-state index is 9.65. The molecular formula is C18H31NO2. The first kappa shape index (κ1) is 17.7. The van der Waals surface area contributed by atoms with Crippen LogP contribution in [0.5, 0.6) is 11.5 Å². The standard InChI is InChI=1S/C18H31NO2/c1-2-3-4-5-6-7-8-9-10-11-15-19-16-13-12-14-17(20)18(16)21/h12-14,19-21H,2-11,15H2,1H3. The van der Waals surface area contributed by atoms with Crippen LogP contribution >= 0.6 is 0 Å². The predicted molar refractivity (Wildman–Crippen MR) is 90.1 cm³/mol. The first-order valence-corrected chi connectivity index (χ1v) is 8.50. The highest BCUT2D eigenvalue weighted by Crippen LogP contribution is 2.32. The van der Waals surface area contributed by atoms with Gasteiger partial charge < -0.3 is 15.5 Å². The number of aromatic hydroxyl groups is 2. The molecule has 3 N–H and O–H groups in total. The monoisotopic (exact) mass is 293 g/mol. The number of para-hydroxylation sites is 1. The average molecular weight is 293 g/mol. The van der Waals surface area contributed by atoms with E-state index >= 15 is 0 Å². The minimum atomic E-state index is -0.0666. The van der Waals surface area contributed by atoms with E-state index < -0.39 is 0 Å². The van der Waals surface area contributed by atoms with E-state index in [1.165, 1.54) is 63.9 Å². The van der Waals surface area contributed by atoms with Gasteiger partial charge in [0.1, 0.15) is 0 Å². The van der Waals surface area contributed by atoms with Crippen molar-refractivity contribution in [2.45, 2.75) is 71.1 Å². The number of hydrogen-bond acceptors (Lipinski definition) is 3. The highest BCUT2D eigenvalue weighted by atomic mass is 16.3. The van der Waals surface area contributed by atoms with Gasteiger partial charge in [0, 0.05) is 6.54 Å². The molecule has 0 fully saturated rings. The molecule has 3 heteroatoms. The molecule has 0 aromatic heterocycles. The lowest BCUT2D eigenvalue weighted by atomic mass is 10.1. The van der Waals surface area contributed by atoms with Crippen molar-refractivity contribution in [2.75, 3.05) is 11.9 Å². The third-order valence-corrected chi connectivity index (χ3v) is 3.86. The van der Waals surface area contributed by atoms with E-state index in [2.05, 4.69) is 12.2 Å². The number of benzene rings is 1. The fraction of sp³-hybridized carbons (Fsp3) is 0.667. The molecule has 0 radical (unpaired) electrons. The lowest BCUT2D eigenvalue weighted by Crippen LogP contribution is -2.01. The summed E-state index contributed by atoms with van der Waals surface area (Å²) in [6.07, 6.45) is 13.2. The number of phenolic OH excluding ortho intramolecular Hbond substituents is 2. The summed E-state index contributed by atoms with van der Waals surface area (Å²) in [7, 11) is 0. The minimum absolute atomic E-state index is 0.0513. The van der Waals surface area contributed by atoms with Gasteiger partial charge in [-0.15, -0.1) is 0 Å². The Bertz CT molecular complexity index is 379. The summed E-state index contributed by atoms with van der Waals surface area (Å²) in [5.74, 6) is -0.118. The summed E-state index contributed by atoms with van der Waals surface area (Å²) in [5, 5.41) is 22.2. The lowest BCUT2D eigenvalue weighted by molar-refractivity contribution is 0.405. The Hall–Kier alpha value is -1.38. The molecule has 1 aromatic carbocycles. The molecule has 21 heavy (non-hydrogen) atoms. The molecule has 0 saturated carbocycles. The molecular weight excluding hydrogens is 262 g/mol. The summed E-state index contributed by atoms with van der Waals surface area (Å²) >= 11 is 0. The van der Waals surface area contributed by atoms with Gasteiger partial charge in [-0.3, -0.25) is 0 Å². The second kappa shape index (κ2) is 11.3. The molecule has 0 aliphatic rings. The Morgan fingerprint density at radius 3 is 2.00 bits per heavy atom. The Labute approximate surface area is 129 Å². The summed E-state index contributed by atoms with van der Waals surface area (Å²) in [5.41, 5.74) is 0.617. The first-order chi connectivity index (χ1) is 10.3. The van der Waals surface area contributed by atoms with Gasteiger partial charge in [-0.25, -0.2) is 0 Å². The lowest BCUT2D eigenvalue weighted by Gasteiger charge is -2.09. The van der Waals surface area contributed by atoms with Crippen LogP contribution in [0.25, 0.3) is 0 Å². The largest absolute Gasteiger partial charge is 0.504 e. The molecule has 0 amide bonds. The van der Waals surface area contributed by atoms with Crippen LogP contribution in [0, 0.1) is 0 Å². The highest BCUT2D eigenvalue weighted by molar-refractivity contribution is 5.61. The molecule has 0 saturated heterocycles. The van der Waals surface area contributed by atoms with Crippen molar-refractivity contribution in [2.24, 2.45) is 0 Å². The van der Waals surface area contributed by atoms with E-state index in [0.717, 1.165) is 13.0 Å². The second-order valence-electron chi connectivity index (χ2n) is 5.78. The van der Waals surface area contributed by atoms with Crippen molar-refractivity contribution in [3.05, 3.63) is 18.2 Å². The van der Waals surface area contributed by atoms with E-state index in [0.29, 0.717) is 5.69 Å². The van der Waals surface area contributed by atoms with Gasteiger partial charge in [0.2, 0.25) is 0 Å². The van der Waals surface area contributed by atoms with Crippen LogP contribution in [0.3, 0.4) is 0 Å². The van der Waals surface area contributed by atoms with Crippen LogP contribution in [0.2, 0.25) is 0 Å². The molecule has 0 aliphatic carbocycles. The quantitative estimate of drug-likeness (QED) is 0.356. The smallest absolute Gasteiger partial charge is 0.181 e. The molecule has 0 spiro atoms. The second-order valence-corrected chi connectivity index (χ2v) is 5.78.